The van der Waals surface area contributed by atoms with Crippen molar-refractivity contribution in [1.29, 1.82) is 0 Å². The summed E-state index contributed by atoms with van der Waals surface area (Å²) in [5, 5.41) is 0. The molecule has 0 aliphatic carbocycles. The second kappa shape index (κ2) is 7.65. The Labute approximate surface area is 181 Å². The van der Waals surface area contributed by atoms with E-state index in [1.54, 1.807) is 18.9 Å². The van der Waals surface area contributed by atoms with Crippen molar-refractivity contribution < 1.29 is 14.2 Å². The molecular formula is C25H25NO3S. The van der Waals surface area contributed by atoms with Gasteiger partial charge in [-0.25, -0.2) is 0 Å². The molecule has 4 nitrogen and oxygen atoms in total. The Morgan fingerprint density at radius 1 is 1.10 bits per heavy atom. The number of likely N-dealkylation sites (N-methyl/N-ethyl adjacent to an activating group) is 1. The molecule has 0 aromatic heterocycles. The van der Waals surface area contributed by atoms with Gasteiger partial charge in [-0.15, -0.1) is 11.8 Å². The predicted molar refractivity (Wildman–Crippen MR) is 121 cm³/mol. The highest BCUT2D eigenvalue weighted by Crippen LogP contribution is 2.41. The van der Waals surface area contributed by atoms with E-state index in [-0.39, 0.29) is 11.6 Å². The van der Waals surface area contributed by atoms with Gasteiger partial charge in [0, 0.05) is 36.4 Å². The second-order valence-corrected chi connectivity index (χ2v) is 8.72. The summed E-state index contributed by atoms with van der Waals surface area (Å²) >= 11 is 1.74. The first-order valence-corrected chi connectivity index (χ1v) is 11.3. The van der Waals surface area contributed by atoms with Crippen LogP contribution in [-0.2, 0) is 19.8 Å². The number of nitrogens with zero attached hydrogens (tertiary/aromatic N) is 1. The lowest BCUT2D eigenvalue weighted by atomic mass is 9.88. The van der Waals surface area contributed by atoms with Gasteiger partial charge in [0.25, 0.3) is 0 Å². The molecule has 30 heavy (non-hydrogen) atoms. The number of benzene rings is 2. The van der Waals surface area contributed by atoms with Crippen LogP contribution in [0.3, 0.4) is 0 Å². The first-order valence-electron chi connectivity index (χ1n) is 10.1. The number of rotatable bonds is 5. The molecule has 3 heterocycles. The van der Waals surface area contributed by atoms with Crippen molar-refractivity contribution in [2.45, 2.75) is 16.5 Å². The quantitative estimate of drug-likeness (QED) is 0.644. The molecule has 1 unspecified atom stereocenters. The molecule has 0 saturated carbocycles. The molecule has 0 N–H and O–H groups in total. The number of methoxy groups -OCH3 is 1. The lowest BCUT2D eigenvalue weighted by Crippen LogP contribution is -2.48. The van der Waals surface area contributed by atoms with Gasteiger partial charge in [0.05, 0.1) is 13.2 Å². The van der Waals surface area contributed by atoms with Gasteiger partial charge in [-0.2, -0.15) is 0 Å². The van der Waals surface area contributed by atoms with Gasteiger partial charge in [-0.1, -0.05) is 30.3 Å². The lowest BCUT2D eigenvalue weighted by molar-refractivity contribution is -0.202. The predicted octanol–water partition coefficient (Wildman–Crippen LogP) is 4.89. The minimum atomic E-state index is -0.339. The van der Waals surface area contributed by atoms with E-state index in [0.717, 1.165) is 33.8 Å². The third kappa shape index (κ3) is 3.18. The summed E-state index contributed by atoms with van der Waals surface area (Å²) in [6.07, 6.45) is 8.54. The van der Waals surface area contributed by atoms with E-state index < -0.39 is 0 Å². The molecule has 2 aromatic carbocycles. The maximum absolute atomic E-state index is 6.44. The second-order valence-electron chi connectivity index (χ2n) is 7.84. The Morgan fingerprint density at radius 3 is 2.57 bits per heavy atom. The Balaban J connectivity index is 1.50. The number of allylic oxidation sites excluding steroid dienone is 2. The van der Waals surface area contributed by atoms with Crippen LogP contribution in [0.4, 0.5) is 0 Å². The smallest absolute Gasteiger partial charge is 0.139 e. The molecule has 0 amide bonds. The summed E-state index contributed by atoms with van der Waals surface area (Å²) in [5.74, 6) is 1.88. The lowest BCUT2D eigenvalue weighted by Gasteiger charge is -2.40. The molecule has 0 bridgehead atoms. The van der Waals surface area contributed by atoms with E-state index in [4.69, 9.17) is 14.2 Å². The highest BCUT2D eigenvalue weighted by Gasteiger charge is 2.41. The molecule has 5 heteroatoms. The van der Waals surface area contributed by atoms with E-state index in [1.807, 2.05) is 0 Å². The molecule has 5 rings (SSSR count). The fraction of sp³-hybridized carbons (Fsp3) is 0.280. The van der Waals surface area contributed by atoms with Crippen LogP contribution in [0.5, 0.6) is 0 Å². The summed E-state index contributed by atoms with van der Waals surface area (Å²) in [6.45, 7) is 1.18. The Kier molecular flexibility index (Phi) is 4.97. The van der Waals surface area contributed by atoms with Crippen LogP contribution in [0.15, 0.2) is 77.5 Å². The van der Waals surface area contributed by atoms with Crippen LogP contribution in [0, 0.1) is 0 Å². The topological polar surface area (TPSA) is 30.9 Å². The van der Waals surface area contributed by atoms with Gasteiger partial charge >= 0.3 is 0 Å². The van der Waals surface area contributed by atoms with E-state index in [1.165, 1.54) is 4.90 Å². The number of hydrogen-bond acceptors (Lipinski definition) is 5. The molecule has 2 aromatic rings. The van der Waals surface area contributed by atoms with Gasteiger partial charge in [0.15, 0.2) is 0 Å². The van der Waals surface area contributed by atoms with E-state index in [9.17, 15) is 0 Å². The third-order valence-corrected chi connectivity index (χ3v) is 6.86. The maximum atomic E-state index is 6.44. The number of thioether (sulfide) groups is 1. The molecule has 1 atom stereocenters. The summed E-state index contributed by atoms with van der Waals surface area (Å²) in [5.41, 5.74) is 4.14. The van der Waals surface area contributed by atoms with Crippen LogP contribution in [0.1, 0.15) is 16.7 Å². The van der Waals surface area contributed by atoms with Gasteiger partial charge in [-0.05, 0) is 47.7 Å². The zero-order valence-corrected chi connectivity index (χ0v) is 18.2. The highest BCUT2D eigenvalue weighted by atomic mass is 32.2. The van der Waals surface area contributed by atoms with Crippen molar-refractivity contribution in [3.05, 3.63) is 89.3 Å². The fourth-order valence-corrected chi connectivity index (χ4v) is 4.53. The molecule has 1 fully saturated rings. The summed E-state index contributed by atoms with van der Waals surface area (Å²) < 4.78 is 17.7. The van der Waals surface area contributed by atoms with E-state index in [0.29, 0.717) is 13.2 Å². The minimum absolute atomic E-state index is 0.0901. The Hall–Kier alpha value is -2.47. The number of ether oxygens (including phenoxy) is 3. The zero-order chi connectivity index (χ0) is 20.7. The molecular weight excluding hydrogens is 394 g/mol. The van der Waals surface area contributed by atoms with Gasteiger partial charge in [0.2, 0.25) is 0 Å². The average molecular weight is 420 g/mol. The maximum Gasteiger partial charge on any atom is 0.139 e. The normalized spacial score (nSPS) is 21.8. The van der Waals surface area contributed by atoms with Crippen molar-refractivity contribution in [3.63, 3.8) is 0 Å². The molecule has 3 aliphatic heterocycles. The third-order valence-electron chi connectivity index (χ3n) is 6.11. The van der Waals surface area contributed by atoms with Crippen LogP contribution in [-0.4, -0.2) is 44.6 Å². The number of hydrogen-bond donors (Lipinski definition) is 0. The van der Waals surface area contributed by atoms with Crippen LogP contribution in [0.2, 0.25) is 0 Å². The van der Waals surface area contributed by atoms with Crippen LogP contribution < -0.4 is 0 Å². The zero-order valence-electron chi connectivity index (χ0n) is 17.4. The average Bonchev–Trinajstić information content (AvgIpc) is 3.20. The SMILES string of the molecule is COC1(c2cccc(C3=C4OC(c5ccc(SC)cc5)=CC4N(C)C=C3)c2)COC1. The molecule has 0 radical (unpaired) electrons. The van der Waals surface area contributed by atoms with Gasteiger partial charge in [0.1, 0.15) is 23.2 Å². The first-order chi connectivity index (χ1) is 14.6. The number of fused-ring (bicyclic) bond motifs is 1. The van der Waals surface area contributed by atoms with E-state index in [2.05, 4.69) is 85.1 Å². The summed E-state index contributed by atoms with van der Waals surface area (Å²) in [4.78, 5) is 3.43. The molecule has 0 spiro atoms. The van der Waals surface area contributed by atoms with Gasteiger partial charge in [-0.3, -0.25) is 0 Å². The summed E-state index contributed by atoms with van der Waals surface area (Å²) in [7, 11) is 3.83. The summed E-state index contributed by atoms with van der Waals surface area (Å²) in [6, 6.07) is 17.2. The van der Waals surface area contributed by atoms with Crippen molar-refractivity contribution in [3.8, 4) is 0 Å². The standard InChI is InChI=1S/C25H25NO3S/c1-26-12-11-21(18-5-4-6-19(13-18)25(27-2)15-28-16-25)24-22(26)14-23(29-24)17-7-9-20(30-3)10-8-17/h4-14,22H,15-16H2,1-3H3. The largest absolute Gasteiger partial charge is 0.458 e. The van der Waals surface area contributed by atoms with Crippen molar-refractivity contribution in [1.82, 2.24) is 4.90 Å². The van der Waals surface area contributed by atoms with E-state index >= 15 is 0 Å². The molecule has 1 saturated heterocycles. The molecule has 154 valence electrons. The Bertz CT molecular complexity index is 1040. The van der Waals surface area contributed by atoms with Crippen LogP contribution >= 0.6 is 11.8 Å². The van der Waals surface area contributed by atoms with Crippen molar-refractivity contribution >= 4 is 23.1 Å². The minimum Gasteiger partial charge on any atom is -0.458 e. The van der Waals surface area contributed by atoms with Crippen molar-refractivity contribution in [2.75, 3.05) is 33.6 Å². The highest BCUT2D eigenvalue weighted by molar-refractivity contribution is 7.98. The Morgan fingerprint density at radius 2 is 1.90 bits per heavy atom. The fourth-order valence-electron chi connectivity index (χ4n) is 4.12. The monoisotopic (exact) mass is 419 g/mol. The van der Waals surface area contributed by atoms with Gasteiger partial charge < -0.3 is 19.1 Å². The van der Waals surface area contributed by atoms with Crippen molar-refractivity contribution in [2.24, 2.45) is 0 Å². The van der Waals surface area contributed by atoms with Crippen LogP contribution in [0.25, 0.3) is 11.3 Å². The first kappa shape index (κ1) is 19.5. The molecule has 3 aliphatic rings.